The number of aliphatic carboxylic acids is 1. The predicted octanol–water partition coefficient (Wildman–Crippen LogP) is 2.51. The molecule has 0 heterocycles. The van der Waals surface area contributed by atoms with Gasteiger partial charge < -0.3 is 10.2 Å². The van der Waals surface area contributed by atoms with Gasteiger partial charge in [0.15, 0.2) is 6.10 Å². The van der Waals surface area contributed by atoms with Gasteiger partial charge in [-0.3, -0.25) is 0 Å². The molecule has 2 N–H and O–H groups in total. The van der Waals surface area contributed by atoms with Crippen LogP contribution in [0.5, 0.6) is 0 Å². The number of hydrogen-bond donors (Lipinski definition) is 2. The van der Waals surface area contributed by atoms with Crippen molar-refractivity contribution < 1.29 is 23.8 Å². The number of rotatable bonds is 3. The van der Waals surface area contributed by atoms with Gasteiger partial charge in [-0.1, -0.05) is 28.1 Å². The number of carbonyl (C=O) groups is 1. The molecule has 0 amide bonds. The van der Waals surface area contributed by atoms with Crippen LogP contribution < -0.4 is 0 Å². The molecular formula is C10H9BrF2O3. The van der Waals surface area contributed by atoms with Crippen molar-refractivity contribution in [3.8, 4) is 0 Å². The van der Waals surface area contributed by atoms with E-state index >= 15 is 0 Å². The summed E-state index contributed by atoms with van der Waals surface area (Å²) in [6, 6.07) is 4.30. The molecule has 0 spiro atoms. The molecule has 6 heteroatoms. The van der Waals surface area contributed by atoms with Crippen molar-refractivity contribution in [2.45, 2.75) is 19.0 Å². The molecule has 3 nitrogen and oxygen atoms in total. The number of halogens is 3. The Balaban J connectivity index is 3.14. The summed E-state index contributed by atoms with van der Waals surface area (Å²) in [7, 11) is 0. The van der Waals surface area contributed by atoms with Crippen LogP contribution in [-0.2, 0) is 4.79 Å². The van der Waals surface area contributed by atoms with E-state index in [0.717, 1.165) is 5.56 Å². The van der Waals surface area contributed by atoms with Crippen molar-refractivity contribution in [2.24, 2.45) is 0 Å². The summed E-state index contributed by atoms with van der Waals surface area (Å²) in [4.78, 5) is 10.3. The zero-order chi connectivity index (χ0) is 12.5. The number of hydrogen-bond acceptors (Lipinski definition) is 2. The Morgan fingerprint density at radius 1 is 1.50 bits per heavy atom. The Morgan fingerprint density at radius 3 is 2.50 bits per heavy atom. The van der Waals surface area contributed by atoms with E-state index in [-0.39, 0.29) is 10.0 Å². The van der Waals surface area contributed by atoms with E-state index in [1.54, 1.807) is 6.92 Å². The average Bonchev–Trinajstić information content (AvgIpc) is 2.16. The first kappa shape index (κ1) is 13.1. The maximum Gasteiger partial charge on any atom is 0.377 e. The normalized spacial score (nSPS) is 13.6. The minimum absolute atomic E-state index is 0.155. The molecule has 1 aromatic carbocycles. The third-order valence-electron chi connectivity index (χ3n) is 2.08. The fourth-order valence-corrected chi connectivity index (χ4v) is 1.88. The lowest BCUT2D eigenvalue weighted by atomic mass is 10.0. The Morgan fingerprint density at radius 2 is 2.06 bits per heavy atom. The summed E-state index contributed by atoms with van der Waals surface area (Å²) < 4.78 is 26.3. The van der Waals surface area contributed by atoms with Crippen molar-refractivity contribution in [2.75, 3.05) is 0 Å². The van der Waals surface area contributed by atoms with E-state index < -0.39 is 18.0 Å². The first-order valence-electron chi connectivity index (χ1n) is 4.32. The largest absolute Gasteiger partial charge is 0.477 e. The van der Waals surface area contributed by atoms with Gasteiger partial charge in [0.1, 0.15) is 0 Å². The second-order valence-corrected chi connectivity index (χ2v) is 4.21. The Hall–Kier alpha value is -1.01. The second kappa shape index (κ2) is 4.47. The molecule has 1 atom stereocenters. The minimum atomic E-state index is -4.21. The maximum absolute atomic E-state index is 13.0. The highest BCUT2D eigenvalue weighted by molar-refractivity contribution is 9.10. The summed E-state index contributed by atoms with van der Waals surface area (Å²) in [5.74, 6) is -6.56. The number of aryl methyl sites for hydroxylation is 1. The first-order chi connectivity index (χ1) is 7.26. The monoisotopic (exact) mass is 294 g/mol. The molecule has 1 rings (SSSR count). The van der Waals surface area contributed by atoms with Crippen LogP contribution in [0.4, 0.5) is 8.78 Å². The van der Waals surface area contributed by atoms with Crippen LogP contribution in [-0.4, -0.2) is 22.1 Å². The quantitative estimate of drug-likeness (QED) is 0.901. The molecule has 0 radical (unpaired) electrons. The number of alkyl halides is 2. The average molecular weight is 295 g/mol. The van der Waals surface area contributed by atoms with Gasteiger partial charge in [-0.15, -0.1) is 0 Å². The SMILES string of the molecule is Cc1ccc(C(O)C(F)(F)C(=O)O)c(Br)c1. The maximum atomic E-state index is 13.0. The smallest absolute Gasteiger partial charge is 0.377 e. The lowest BCUT2D eigenvalue weighted by molar-refractivity contribution is -0.183. The van der Waals surface area contributed by atoms with E-state index in [4.69, 9.17) is 5.11 Å². The highest BCUT2D eigenvalue weighted by Gasteiger charge is 2.48. The minimum Gasteiger partial charge on any atom is -0.477 e. The van der Waals surface area contributed by atoms with E-state index in [9.17, 15) is 18.7 Å². The fourth-order valence-electron chi connectivity index (χ4n) is 1.17. The zero-order valence-electron chi connectivity index (χ0n) is 8.25. The third kappa shape index (κ3) is 2.38. The van der Waals surface area contributed by atoms with Gasteiger partial charge in [-0.25, -0.2) is 4.79 Å². The number of benzene rings is 1. The molecule has 0 aliphatic heterocycles. The van der Waals surface area contributed by atoms with Crippen molar-refractivity contribution in [3.05, 3.63) is 33.8 Å². The predicted molar refractivity (Wildman–Crippen MR) is 56.4 cm³/mol. The van der Waals surface area contributed by atoms with E-state index in [1.807, 2.05) is 0 Å². The number of carboxylic acid groups (broad SMARTS) is 1. The lowest BCUT2D eigenvalue weighted by Gasteiger charge is -2.19. The molecular weight excluding hydrogens is 286 g/mol. The lowest BCUT2D eigenvalue weighted by Crippen LogP contribution is -2.35. The van der Waals surface area contributed by atoms with Crippen molar-refractivity contribution in [1.82, 2.24) is 0 Å². The van der Waals surface area contributed by atoms with Crippen molar-refractivity contribution >= 4 is 21.9 Å². The van der Waals surface area contributed by atoms with Gasteiger partial charge in [-0.05, 0) is 18.6 Å². The third-order valence-corrected chi connectivity index (χ3v) is 2.77. The van der Waals surface area contributed by atoms with Crippen molar-refractivity contribution in [1.29, 1.82) is 0 Å². The molecule has 0 aliphatic rings. The number of aliphatic hydroxyl groups is 1. The van der Waals surface area contributed by atoms with Gasteiger partial charge >= 0.3 is 11.9 Å². The molecule has 16 heavy (non-hydrogen) atoms. The molecule has 0 bridgehead atoms. The highest BCUT2D eigenvalue weighted by atomic mass is 79.9. The molecule has 0 saturated carbocycles. The highest BCUT2D eigenvalue weighted by Crippen LogP contribution is 2.35. The topological polar surface area (TPSA) is 57.5 Å². The van der Waals surface area contributed by atoms with E-state index in [2.05, 4.69) is 15.9 Å². The van der Waals surface area contributed by atoms with Crippen LogP contribution in [0.25, 0.3) is 0 Å². The van der Waals surface area contributed by atoms with E-state index in [1.165, 1.54) is 18.2 Å². The summed E-state index contributed by atoms with van der Waals surface area (Å²) in [5.41, 5.74) is 0.652. The van der Waals surface area contributed by atoms with Gasteiger partial charge in [0.25, 0.3) is 0 Å². The molecule has 0 fully saturated rings. The first-order valence-corrected chi connectivity index (χ1v) is 5.11. The molecule has 0 aromatic heterocycles. The van der Waals surface area contributed by atoms with Crippen molar-refractivity contribution in [3.63, 3.8) is 0 Å². The zero-order valence-corrected chi connectivity index (χ0v) is 9.83. The fraction of sp³-hybridized carbons (Fsp3) is 0.300. The summed E-state index contributed by atoms with van der Waals surface area (Å²) >= 11 is 3.00. The molecule has 0 aliphatic carbocycles. The van der Waals surface area contributed by atoms with Crippen LogP contribution in [0.3, 0.4) is 0 Å². The molecule has 88 valence electrons. The summed E-state index contributed by atoms with van der Waals surface area (Å²) in [6.07, 6.45) is -2.38. The molecule has 0 saturated heterocycles. The Labute approximate surface area is 98.8 Å². The Kier molecular flexibility index (Phi) is 3.64. The summed E-state index contributed by atoms with van der Waals surface area (Å²) in [5, 5.41) is 17.6. The number of carboxylic acids is 1. The van der Waals surface area contributed by atoms with Crippen LogP contribution in [0.2, 0.25) is 0 Å². The van der Waals surface area contributed by atoms with E-state index in [0.29, 0.717) is 0 Å². The molecule has 1 unspecified atom stereocenters. The van der Waals surface area contributed by atoms with Crippen LogP contribution in [0.15, 0.2) is 22.7 Å². The van der Waals surface area contributed by atoms with Gasteiger partial charge in [0.05, 0.1) is 0 Å². The number of aliphatic hydroxyl groups excluding tert-OH is 1. The van der Waals surface area contributed by atoms with Crippen LogP contribution in [0, 0.1) is 6.92 Å². The van der Waals surface area contributed by atoms with Crippen LogP contribution >= 0.6 is 15.9 Å². The second-order valence-electron chi connectivity index (χ2n) is 3.36. The van der Waals surface area contributed by atoms with Gasteiger partial charge in [-0.2, -0.15) is 8.78 Å². The standard InChI is InChI=1S/C10H9BrF2O3/c1-5-2-3-6(7(11)4-5)8(14)10(12,13)9(15)16/h2-4,8,14H,1H3,(H,15,16). The summed E-state index contributed by atoms with van der Waals surface area (Å²) in [6.45, 7) is 1.75. The van der Waals surface area contributed by atoms with Crippen LogP contribution in [0.1, 0.15) is 17.2 Å². The molecule has 1 aromatic rings. The van der Waals surface area contributed by atoms with Gasteiger partial charge in [0, 0.05) is 10.0 Å². The Bertz CT molecular complexity index is 421. The van der Waals surface area contributed by atoms with Gasteiger partial charge in [0.2, 0.25) is 0 Å².